The van der Waals surface area contributed by atoms with Crippen molar-refractivity contribution in [2.45, 2.75) is 13.1 Å². The van der Waals surface area contributed by atoms with Crippen molar-refractivity contribution in [2.24, 2.45) is 5.73 Å². The van der Waals surface area contributed by atoms with E-state index >= 15 is 0 Å². The van der Waals surface area contributed by atoms with Gasteiger partial charge in [-0.2, -0.15) is 13.2 Å². The second kappa shape index (κ2) is 10.7. The highest BCUT2D eigenvalue weighted by atomic mass is 35.5. The van der Waals surface area contributed by atoms with E-state index in [0.717, 1.165) is 23.5 Å². The average Bonchev–Trinajstić information content (AvgIpc) is 3.02. The molecule has 1 aromatic carbocycles. The molecule has 0 saturated heterocycles. The number of hydrogen-bond donors (Lipinski definition) is 3. The van der Waals surface area contributed by atoms with Gasteiger partial charge in [0, 0.05) is 12.8 Å². The van der Waals surface area contributed by atoms with Crippen LogP contribution in [0.2, 0.25) is 5.02 Å². The number of benzene rings is 1. The fourth-order valence-electron chi connectivity index (χ4n) is 2.58. The first-order valence-electron chi connectivity index (χ1n) is 8.95. The first-order chi connectivity index (χ1) is 15.0. The summed E-state index contributed by atoms with van der Waals surface area (Å²) < 4.78 is 48.8. The lowest BCUT2D eigenvalue weighted by Gasteiger charge is -2.12. The van der Waals surface area contributed by atoms with Crippen molar-refractivity contribution in [1.82, 2.24) is 0 Å². The Morgan fingerprint density at radius 1 is 1.22 bits per heavy atom. The summed E-state index contributed by atoms with van der Waals surface area (Å²) in [6.07, 6.45) is -4.66. The summed E-state index contributed by atoms with van der Waals surface area (Å²) in [7, 11) is 1.42. The second-order valence-corrected chi connectivity index (χ2v) is 7.78. The van der Waals surface area contributed by atoms with Crippen molar-refractivity contribution in [2.75, 3.05) is 37.5 Å². The highest BCUT2D eigenvalue weighted by molar-refractivity contribution is 7.18. The SMILES string of the molecule is COCCOC(=O)c1c(NC(=O)CNc2ccc(Cl)c(C(F)(F)F)c2)sc(C(N)=O)c1C. The second-order valence-electron chi connectivity index (χ2n) is 6.35. The minimum atomic E-state index is -4.66. The van der Waals surface area contributed by atoms with Gasteiger partial charge in [-0.05, 0) is 30.7 Å². The number of anilines is 2. The number of esters is 1. The molecule has 0 atom stereocenters. The number of alkyl halides is 3. The largest absolute Gasteiger partial charge is 0.460 e. The molecule has 1 heterocycles. The zero-order valence-corrected chi connectivity index (χ0v) is 18.5. The maximum atomic E-state index is 13.0. The quantitative estimate of drug-likeness (QED) is 0.362. The van der Waals surface area contributed by atoms with E-state index < -0.39 is 41.1 Å². The molecule has 0 radical (unpaired) electrons. The highest BCUT2D eigenvalue weighted by Gasteiger charge is 2.33. The van der Waals surface area contributed by atoms with Crippen LogP contribution in [0.5, 0.6) is 0 Å². The Kier molecular flexibility index (Phi) is 8.47. The summed E-state index contributed by atoms with van der Waals surface area (Å²) in [5, 5.41) is 4.55. The Hall–Kier alpha value is -2.83. The van der Waals surface area contributed by atoms with Gasteiger partial charge in [-0.1, -0.05) is 11.6 Å². The van der Waals surface area contributed by atoms with Crippen LogP contribution in [-0.4, -0.2) is 44.7 Å². The van der Waals surface area contributed by atoms with E-state index in [-0.39, 0.29) is 39.9 Å². The van der Waals surface area contributed by atoms with E-state index in [1.807, 2.05) is 0 Å². The number of methoxy groups -OCH3 is 1. The Balaban J connectivity index is 2.16. The fourth-order valence-corrected chi connectivity index (χ4v) is 3.87. The number of hydrogen-bond acceptors (Lipinski definition) is 7. The number of carbonyl (C=O) groups is 3. The van der Waals surface area contributed by atoms with E-state index in [2.05, 4.69) is 10.6 Å². The van der Waals surface area contributed by atoms with Crippen molar-refractivity contribution in [3.63, 3.8) is 0 Å². The van der Waals surface area contributed by atoms with Gasteiger partial charge in [-0.3, -0.25) is 9.59 Å². The molecule has 0 saturated carbocycles. The molecule has 2 rings (SSSR count). The first-order valence-corrected chi connectivity index (χ1v) is 10.1. The Labute approximate surface area is 189 Å². The van der Waals surface area contributed by atoms with Crippen molar-refractivity contribution >= 4 is 51.4 Å². The number of thiophene rings is 1. The summed E-state index contributed by atoms with van der Waals surface area (Å²) >= 11 is 6.36. The van der Waals surface area contributed by atoms with Gasteiger partial charge in [0.05, 0.1) is 34.2 Å². The molecule has 0 spiro atoms. The van der Waals surface area contributed by atoms with E-state index in [9.17, 15) is 27.6 Å². The third-order valence-corrected chi connectivity index (χ3v) is 5.62. The Bertz CT molecular complexity index is 1030. The molecule has 0 aliphatic heterocycles. The van der Waals surface area contributed by atoms with Crippen molar-refractivity contribution in [3.8, 4) is 0 Å². The maximum Gasteiger partial charge on any atom is 0.417 e. The maximum absolute atomic E-state index is 13.0. The van der Waals surface area contributed by atoms with Gasteiger partial charge in [-0.25, -0.2) is 4.79 Å². The number of rotatable bonds is 9. The lowest BCUT2D eigenvalue weighted by Crippen LogP contribution is -2.23. The van der Waals surface area contributed by atoms with Crippen molar-refractivity contribution < 1.29 is 37.0 Å². The lowest BCUT2D eigenvalue weighted by atomic mass is 10.1. The van der Waals surface area contributed by atoms with Crippen LogP contribution in [0, 0.1) is 6.92 Å². The molecule has 0 aliphatic carbocycles. The number of amides is 2. The lowest BCUT2D eigenvalue weighted by molar-refractivity contribution is -0.137. The smallest absolute Gasteiger partial charge is 0.417 e. The molecular weight excluding hydrogens is 475 g/mol. The molecule has 0 bridgehead atoms. The number of nitrogens with one attached hydrogen (secondary N) is 2. The molecule has 0 fully saturated rings. The molecule has 32 heavy (non-hydrogen) atoms. The molecule has 13 heteroatoms. The first kappa shape index (κ1) is 25.4. The average molecular weight is 494 g/mol. The number of nitrogens with two attached hydrogens (primary N) is 1. The normalized spacial score (nSPS) is 11.2. The van der Waals surface area contributed by atoms with Gasteiger partial charge < -0.3 is 25.8 Å². The van der Waals surface area contributed by atoms with Gasteiger partial charge in [0.15, 0.2) is 0 Å². The van der Waals surface area contributed by atoms with Gasteiger partial charge in [-0.15, -0.1) is 11.3 Å². The van der Waals surface area contributed by atoms with E-state index in [1.54, 1.807) is 0 Å². The fraction of sp³-hybridized carbons (Fsp3) is 0.316. The standard InChI is InChI=1S/C19H19ClF3N3O5S/c1-9-14(18(29)31-6-5-30-2)17(32-15(9)16(24)28)26-13(27)8-25-10-3-4-12(20)11(7-10)19(21,22)23/h3-4,7,25H,5-6,8H2,1-2H3,(H2,24,28)(H,26,27). The van der Waals surface area contributed by atoms with Crippen LogP contribution in [0.4, 0.5) is 23.9 Å². The van der Waals surface area contributed by atoms with E-state index in [1.165, 1.54) is 20.1 Å². The Morgan fingerprint density at radius 3 is 2.50 bits per heavy atom. The summed E-state index contributed by atoms with van der Waals surface area (Å²) in [5.41, 5.74) is 4.47. The minimum absolute atomic E-state index is 0.0104. The summed E-state index contributed by atoms with van der Waals surface area (Å²) in [4.78, 5) is 36.5. The van der Waals surface area contributed by atoms with Gasteiger partial charge in [0.25, 0.3) is 5.91 Å². The van der Waals surface area contributed by atoms with Crippen LogP contribution >= 0.6 is 22.9 Å². The molecule has 2 amide bonds. The molecular formula is C19H19ClF3N3O5S. The number of carbonyl (C=O) groups excluding carboxylic acids is 3. The number of halogens is 4. The molecule has 0 aliphatic rings. The van der Waals surface area contributed by atoms with Crippen LogP contribution in [0.1, 0.15) is 31.2 Å². The predicted octanol–water partition coefficient (Wildman–Crippen LogP) is 3.68. The molecule has 1 aromatic heterocycles. The van der Waals surface area contributed by atoms with Gasteiger partial charge in [0.1, 0.15) is 11.6 Å². The summed E-state index contributed by atoms with van der Waals surface area (Å²) in [6.45, 7) is 1.14. The molecule has 4 N–H and O–H groups in total. The topological polar surface area (TPSA) is 120 Å². The van der Waals surface area contributed by atoms with Gasteiger partial charge in [0.2, 0.25) is 5.91 Å². The van der Waals surface area contributed by atoms with Crippen LogP contribution in [0.3, 0.4) is 0 Å². The minimum Gasteiger partial charge on any atom is -0.460 e. The van der Waals surface area contributed by atoms with E-state index in [0.29, 0.717) is 0 Å². The van der Waals surface area contributed by atoms with Crippen molar-refractivity contribution in [1.29, 1.82) is 0 Å². The predicted molar refractivity (Wildman–Crippen MR) is 113 cm³/mol. The van der Waals surface area contributed by atoms with E-state index in [4.69, 9.17) is 26.8 Å². The zero-order chi connectivity index (χ0) is 24.1. The number of primary amides is 1. The van der Waals surface area contributed by atoms with Crippen LogP contribution < -0.4 is 16.4 Å². The van der Waals surface area contributed by atoms with Gasteiger partial charge >= 0.3 is 12.1 Å². The van der Waals surface area contributed by atoms with Crippen molar-refractivity contribution in [3.05, 3.63) is 44.8 Å². The number of ether oxygens (including phenoxy) is 2. The molecule has 2 aromatic rings. The Morgan fingerprint density at radius 2 is 1.91 bits per heavy atom. The molecule has 0 unspecified atom stereocenters. The van der Waals surface area contributed by atoms with Crippen LogP contribution in [-0.2, 0) is 20.4 Å². The van der Waals surface area contributed by atoms with Crippen LogP contribution in [0.15, 0.2) is 18.2 Å². The zero-order valence-electron chi connectivity index (χ0n) is 16.9. The third-order valence-electron chi connectivity index (χ3n) is 4.07. The molecule has 174 valence electrons. The third kappa shape index (κ3) is 6.34. The summed E-state index contributed by atoms with van der Waals surface area (Å²) in [5.74, 6) is -2.27. The van der Waals surface area contributed by atoms with Crippen LogP contribution in [0.25, 0.3) is 0 Å². The monoisotopic (exact) mass is 493 g/mol. The molecule has 8 nitrogen and oxygen atoms in total. The highest BCUT2D eigenvalue weighted by Crippen LogP contribution is 2.36. The summed E-state index contributed by atoms with van der Waals surface area (Å²) in [6, 6.07) is 3.11.